The molecule has 2 nitrogen and oxygen atoms in total. The number of carbonyl (C=O) groups excluding carboxylic acids is 1. The van der Waals surface area contributed by atoms with Gasteiger partial charge in [-0.2, -0.15) is 0 Å². The van der Waals surface area contributed by atoms with Crippen LogP contribution in [0.4, 0.5) is 4.39 Å². The zero-order valence-corrected chi connectivity index (χ0v) is 12.4. The van der Waals surface area contributed by atoms with Gasteiger partial charge < -0.3 is 4.74 Å². The van der Waals surface area contributed by atoms with Crippen molar-refractivity contribution in [3.63, 3.8) is 0 Å². The summed E-state index contributed by atoms with van der Waals surface area (Å²) in [7, 11) is 0. The van der Waals surface area contributed by atoms with Gasteiger partial charge in [-0.05, 0) is 29.3 Å². The summed E-state index contributed by atoms with van der Waals surface area (Å²) >= 11 is 0. The van der Waals surface area contributed by atoms with E-state index in [0.717, 1.165) is 16.9 Å². The van der Waals surface area contributed by atoms with Crippen LogP contribution in [0.5, 0.6) is 5.75 Å². The van der Waals surface area contributed by atoms with Crippen LogP contribution in [0.3, 0.4) is 0 Å². The Morgan fingerprint density at radius 3 is 2.30 bits per heavy atom. The van der Waals surface area contributed by atoms with Gasteiger partial charge in [-0.15, -0.1) is 0 Å². The lowest BCUT2D eigenvalue weighted by Crippen LogP contribution is -1.95. The van der Waals surface area contributed by atoms with Gasteiger partial charge in [-0.3, -0.25) is 4.79 Å². The van der Waals surface area contributed by atoms with Crippen molar-refractivity contribution < 1.29 is 13.9 Å². The summed E-state index contributed by atoms with van der Waals surface area (Å²) in [5.74, 6) is 0.315. The summed E-state index contributed by atoms with van der Waals surface area (Å²) in [5.41, 5.74) is 2.62. The van der Waals surface area contributed by atoms with Gasteiger partial charge in [0.15, 0.2) is 0 Å². The summed E-state index contributed by atoms with van der Waals surface area (Å²) in [6.45, 7) is 0.489. The minimum Gasteiger partial charge on any atom is -0.489 e. The Labute approximate surface area is 134 Å². The molecule has 0 saturated heterocycles. The van der Waals surface area contributed by atoms with E-state index in [9.17, 15) is 9.18 Å². The van der Waals surface area contributed by atoms with E-state index in [-0.39, 0.29) is 0 Å². The van der Waals surface area contributed by atoms with Crippen LogP contribution < -0.4 is 4.74 Å². The number of benzene rings is 3. The van der Waals surface area contributed by atoms with Crippen molar-refractivity contribution in [1.82, 2.24) is 0 Å². The largest absolute Gasteiger partial charge is 0.489 e. The quantitative estimate of drug-likeness (QED) is 0.628. The number of halogens is 1. The van der Waals surface area contributed by atoms with Crippen LogP contribution in [0.1, 0.15) is 15.9 Å². The SMILES string of the molecule is O=Cc1ccc(-c2ccc(OCc3ccccc3)cc2)c(F)c1. The lowest BCUT2D eigenvalue weighted by atomic mass is 10.0. The van der Waals surface area contributed by atoms with Gasteiger partial charge in [0.05, 0.1) is 0 Å². The van der Waals surface area contributed by atoms with Crippen LogP contribution in [0.2, 0.25) is 0 Å². The second-order valence-electron chi connectivity index (χ2n) is 5.16. The molecule has 0 aliphatic carbocycles. The molecule has 3 aromatic rings. The van der Waals surface area contributed by atoms with Crippen molar-refractivity contribution in [3.8, 4) is 16.9 Å². The third kappa shape index (κ3) is 3.64. The van der Waals surface area contributed by atoms with Gasteiger partial charge in [0.1, 0.15) is 24.5 Å². The first kappa shape index (κ1) is 15.0. The summed E-state index contributed by atoms with van der Waals surface area (Å²) in [6.07, 6.45) is 0.632. The van der Waals surface area contributed by atoms with E-state index in [4.69, 9.17) is 4.74 Å². The third-order valence-electron chi connectivity index (χ3n) is 3.54. The van der Waals surface area contributed by atoms with E-state index in [1.54, 1.807) is 24.3 Å². The Morgan fingerprint density at radius 2 is 1.65 bits per heavy atom. The topological polar surface area (TPSA) is 26.3 Å². The molecule has 0 fully saturated rings. The molecule has 0 aliphatic rings. The zero-order chi connectivity index (χ0) is 16.1. The first-order valence-corrected chi connectivity index (χ1v) is 7.28. The lowest BCUT2D eigenvalue weighted by Gasteiger charge is -2.08. The first-order valence-electron chi connectivity index (χ1n) is 7.28. The van der Waals surface area contributed by atoms with Crippen molar-refractivity contribution in [2.24, 2.45) is 0 Å². The molecule has 0 radical (unpaired) electrons. The highest BCUT2D eigenvalue weighted by Crippen LogP contribution is 2.25. The van der Waals surface area contributed by atoms with Gasteiger partial charge in [0.2, 0.25) is 0 Å². The van der Waals surface area contributed by atoms with E-state index in [1.807, 2.05) is 42.5 Å². The van der Waals surface area contributed by atoms with Crippen LogP contribution in [0, 0.1) is 5.82 Å². The maximum Gasteiger partial charge on any atom is 0.150 e. The number of aldehydes is 1. The summed E-state index contributed by atoms with van der Waals surface area (Å²) in [4.78, 5) is 10.7. The van der Waals surface area contributed by atoms with Crippen molar-refractivity contribution >= 4 is 6.29 Å². The molecule has 0 unspecified atom stereocenters. The van der Waals surface area contributed by atoms with Gasteiger partial charge in [0.25, 0.3) is 0 Å². The summed E-state index contributed by atoms with van der Waals surface area (Å²) in [6, 6.07) is 21.6. The van der Waals surface area contributed by atoms with Crippen molar-refractivity contribution in [3.05, 3.63) is 89.7 Å². The Bertz CT molecular complexity index is 796. The van der Waals surface area contributed by atoms with Crippen molar-refractivity contribution in [2.75, 3.05) is 0 Å². The maximum atomic E-state index is 14.0. The second-order valence-corrected chi connectivity index (χ2v) is 5.16. The van der Waals surface area contributed by atoms with Crippen LogP contribution in [-0.2, 0) is 6.61 Å². The Morgan fingerprint density at radius 1 is 0.913 bits per heavy atom. The molecule has 0 saturated carbocycles. The first-order chi connectivity index (χ1) is 11.3. The molecule has 114 valence electrons. The standard InChI is InChI=1S/C20H15FO2/c21-20-12-16(13-22)6-11-19(20)17-7-9-18(10-8-17)23-14-15-4-2-1-3-5-15/h1-13H,14H2. The molecule has 0 amide bonds. The minimum atomic E-state index is -0.410. The predicted molar refractivity (Wildman–Crippen MR) is 88.0 cm³/mol. The monoisotopic (exact) mass is 306 g/mol. The van der Waals surface area contributed by atoms with E-state index in [1.165, 1.54) is 6.07 Å². The molecule has 0 aliphatic heterocycles. The van der Waals surface area contributed by atoms with Gasteiger partial charge >= 0.3 is 0 Å². The minimum absolute atomic E-state index is 0.328. The fourth-order valence-corrected chi connectivity index (χ4v) is 2.31. The van der Waals surface area contributed by atoms with E-state index in [2.05, 4.69) is 0 Å². The Kier molecular flexibility index (Phi) is 4.48. The van der Waals surface area contributed by atoms with E-state index < -0.39 is 5.82 Å². The maximum absolute atomic E-state index is 14.0. The van der Waals surface area contributed by atoms with E-state index >= 15 is 0 Å². The molecule has 0 spiro atoms. The highest BCUT2D eigenvalue weighted by molar-refractivity contribution is 5.77. The summed E-state index contributed by atoms with van der Waals surface area (Å²) < 4.78 is 19.7. The molecule has 23 heavy (non-hydrogen) atoms. The molecular weight excluding hydrogens is 291 g/mol. The summed E-state index contributed by atoms with van der Waals surface area (Å²) in [5, 5.41) is 0. The molecular formula is C20H15FO2. The molecule has 0 bridgehead atoms. The molecule has 3 heteroatoms. The Hall–Kier alpha value is -2.94. The fourth-order valence-electron chi connectivity index (χ4n) is 2.31. The molecule has 0 heterocycles. The normalized spacial score (nSPS) is 10.3. The van der Waals surface area contributed by atoms with Crippen LogP contribution in [-0.4, -0.2) is 6.29 Å². The third-order valence-corrected chi connectivity index (χ3v) is 3.54. The predicted octanol–water partition coefficient (Wildman–Crippen LogP) is 4.88. The second kappa shape index (κ2) is 6.88. The van der Waals surface area contributed by atoms with Gasteiger partial charge in [-0.1, -0.05) is 54.6 Å². The lowest BCUT2D eigenvalue weighted by molar-refractivity contribution is 0.112. The molecule has 0 aromatic heterocycles. The molecule has 0 atom stereocenters. The van der Waals surface area contributed by atoms with E-state index in [0.29, 0.717) is 24.0 Å². The smallest absolute Gasteiger partial charge is 0.150 e. The van der Waals surface area contributed by atoms with Gasteiger partial charge in [0, 0.05) is 11.1 Å². The molecule has 0 N–H and O–H groups in total. The van der Waals surface area contributed by atoms with Crippen LogP contribution >= 0.6 is 0 Å². The molecule has 3 aromatic carbocycles. The highest BCUT2D eigenvalue weighted by Gasteiger charge is 2.06. The average molecular weight is 306 g/mol. The number of rotatable bonds is 5. The van der Waals surface area contributed by atoms with Gasteiger partial charge in [-0.25, -0.2) is 4.39 Å². The Balaban J connectivity index is 1.73. The average Bonchev–Trinajstić information content (AvgIpc) is 2.61. The molecule has 3 rings (SSSR count). The van der Waals surface area contributed by atoms with Crippen LogP contribution in [0.15, 0.2) is 72.8 Å². The number of carbonyl (C=O) groups is 1. The van der Waals surface area contributed by atoms with Crippen molar-refractivity contribution in [1.29, 1.82) is 0 Å². The zero-order valence-electron chi connectivity index (χ0n) is 12.4. The number of hydrogen-bond acceptors (Lipinski definition) is 2. The number of hydrogen-bond donors (Lipinski definition) is 0. The highest BCUT2D eigenvalue weighted by atomic mass is 19.1. The number of ether oxygens (including phenoxy) is 1. The van der Waals surface area contributed by atoms with Crippen molar-refractivity contribution in [2.45, 2.75) is 6.61 Å². The fraction of sp³-hybridized carbons (Fsp3) is 0.0500. The van der Waals surface area contributed by atoms with Crippen LogP contribution in [0.25, 0.3) is 11.1 Å².